The summed E-state index contributed by atoms with van der Waals surface area (Å²) in [7, 11) is -0.697. The van der Waals surface area contributed by atoms with E-state index < -0.39 is 10.0 Å². The molecule has 8 heteroatoms. The molecule has 0 fully saturated rings. The van der Waals surface area contributed by atoms with E-state index in [2.05, 4.69) is 5.32 Å². The molecule has 0 atom stereocenters. The normalized spacial score (nSPS) is 11.3. The van der Waals surface area contributed by atoms with Gasteiger partial charge in [-0.15, -0.1) is 0 Å². The van der Waals surface area contributed by atoms with Crippen molar-refractivity contribution in [1.29, 1.82) is 0 Å². The lowest BCUT2D eigenvalue weighted by atomic mass is 10.1. The van der Waals surface area contributed by atoms with Gasteiger partial charge in [0.15, 0.2) is 0 Å². The van der Waals surface area contributed by atoms with E-state index in [0.29, 0.717) is 27.6 Å². The molecule has 0 aromatic heterocycles. The van der Waals surface area contributed by atoms with E-state index in [9.17, 15) is 13.2 Å². The quantitative estimate of drug-likeness (QED) is 0.585. The average molecular weight is 445 g/mol. The van der Waals surface area contributed by atoms with Crippen LogP contribution >= 0.6 is 11.6 Å². The number of sulfonamides is 1. The number of amides is 1. The summed E-state index contributed by atoms with van der Waals surface area (Å²) in [6.45, 7) is 0.0441. The van der Waals surface area contributed by atoms with Crippen molar-refractivity contribution < 1.29 is 17.9 Å². The number of hydrogen-bond donors (Lipinski definition) is 1. The molecule has 156 valence electrons. The summed E-state index contributed by atoms with van der Waals surface area (Å²) >= 11 is 5.87. The van der Waals surface area contributed by atoms with Gasteiger partial charge < -0.3 is 10.1 Å². The van der Waals surface area contributed by atoms with Gasteiger partial charge in [0.2, 0.25) is 10.0 Å². The Balaban J connectivity index is 1.84. The molecule has 6 nitrogen and oxygen atoms in total. The summed E-state index contributed by atoms with van der Waals surface area (Å²) in [6, 6.07) is 19.8. The summed E-state index contributed by atoms with van der Waals surface area (Å²) < 4.78 is 32.2. The Morgan fingerprint density at radius 1 is 1.03 bits per heavy atom. The van der Waals surface area contributed by atoms with Crippen LogP contribution in [0.4, 0.5) is 5.69 Å². The summed E-state index contributed by atoms with van der Waals surface area (Å²) in [4.78, 5) is 12.8. The molecule has 1 N–H and O–H groups in total. The molecule has 0 saturated carbocycles. The van der Waals surface area contributed by atoms with Gasteiger partial charge >= 0.3 is 0 Å². The van der Waals surface area contributed by atoms with E-state index in [0.717, 1.165) is 0 Å². The van der Waals surface area contributed by atoms with Crippen molar-refractivity contribution in [3.8, 4) is 5.75 Å². The summed E-state index contributed by atoms with van der Waals surface area (Å²) in [6.07, 6.45) is 0. The molecular formula is C22H21ClN2O4S. The molecule has 0 unspecified atom stereocenters. The standard InChI is InChI=1S/C22H21ClN2O4S/c1-25(30(27,28)20-6-4-3-5-7-20)15-17-14-16(8-13-21(17)29-2)22(26)24-19-11-9-18(23)10-12-19/h3-14H,15H2,1-2H3,(H,24,26). The maximum Gasteiger partial charge on any atom is 0.255 e. The van der Waals surface area contributed by atoms with E-state index in [-0.39, 0.29) is 17.3 Å². The van der Waals surface area contributed by atoms with E-state index in [1.165, 1.54) is 18.5 Å². The summed E-state index contributed by atoms with van der Waals surface area (Å²) in [5.74, 6) is 0.169. The number of ether oxygens (including phenoxy) is 1. The Kier molecular flexibility index (Phi) is 6.77. The molecule has 0 saturated heterocycles. The fraction of sp³-hybridized carbons (Fsp3) is 0.136. The Hall–Kier alpha value is -2.87. The second kappa shape index (κ2) is 9.30. The van der Waals surface area contributed by atoms with Gasteiger partial charge in [-0.3, -0.25) is 4.79 Å². The highest BCUT2D eigenvalue weighted by molar-refractivity contribution is 7.89. The van der Waals surface area contributed by atoms with Gasteiger partial charge in [-0.1, -0.05) is 29.8 Å². The molecule has 0 radical (unpaired) electrons. The van der Waals surface area contributed by atoms with E-state index in [1.54, 1.807) is 72.8 Å². The first-order valence-electron chi connectivity index (χ1n) is 9.06. The van der Waals surface area contributed by atoms with E-state index >= 15 is 0 Å². The minimum absolute atomic E-state index is 0.0441. The Morgan fingerprint density at radius 2 is 1.70 bits per heavy atom. The van der Waals surface area contributed by atoms with Crippen molar-refractivity contribution in [1.82, 2.24) is 4.31 Å². The molecule has 30 heavy (non-hydrogen) atoms. The highest BCUT2D eigenvalue weighted by atomic mass is 35.5. The molecule has 0 aliphatic carbocycles. The zero-order valence-electron chi connectivity index (χ0n) is 16.5. The average Bonchev–Trinajstić information content (AvgIpc) is 2.75. The van der Waals surface area contributed by atoms with Crippen LogP contribution in [0.1, 0.15) is 15.9 Å². The number of carbonyl (C=O) groups is 1. The number of halogens is 1. The Bertz CT molecular complexity index is 1130. The molecule has 0 aliphatic rings. The first-order chi connectivity index (χ1) is 14.3. The van der Waals surface area contributed by atoms with E-state index in [1.807, 2.05) is 0 Å². The molecule has 0 aliphatic heterocycles. The zero-order chi connectivity index (χ0) is 21.7. The molecule has 1 amide bonds. The number of anilines is 1. The molecule has 3 aromatic carbocycles. The van der Waals surface area contributed by atoms with Crippen LogP contribution in [0.25, 0.3) is 0 Å². The van der Waals surface area contributed by atoms with Crippen molar-refractivity contribution in [2.45, 2.75) is 11.4 Å². The van der Waals surface area contributed by atoms with Crippen LogP contribution in [0.3, 0.4) is 0 Å². The Labute approximate surface area is 181 Å². The van der Waals surface area contributed by atoms with Gasteiger partial charge in [-0.25, -0.2) is 8.42 Å². The van der Waals surface area contributed by atoms with Crippen molar-refractivity contribution in [2.75, 3.05) is 19.5 Å². The lowest BCUT2D eigenvalue weighted by molar-refractivity contribution is 0.102. The van der Waals surface area contributed by atoms with Gasteiger partial charge in [0.25, 0.3) is 5.91 Å². The smallest absolute Gasteiger partial charge is 0.255 e. The van der Waals surface area contributed by atoms with E-state index in [4.69, 9.17) is 16.3 Å². The topological polar surface area (TPSA) is 75.7 Å². The highest BCUT2D eigenvalue weighted by Crippen LogP contribution is 2.25. The molecule has 0 bridgehead atoms. The van der Waals surface area contributed by atoms with Gasteiger partial charge in [0.1, 0.15) is 5.75 Å². The third-order valence-electron chi connectivity index (χ3n) is 4.49. The lowest BCUT2D eigenvalue weighted by Crippen LogP contribution is -2.27. The number of nitrogens with one attached hydrogen (secondary N) is 1. The Morgan fingerprint density at radius 3 is 2.33 bits per heavy atom. The maximum atomic E-state index is 12.8. The molecule has 3 rings (SSSR count). The first-order valence-corrected chi connectivity index (χ1v) is 10.9. The highest BCUT2D eigenvalue weighted by Gasteiger charge is 2.22. The second-order valence-electron chi connectivity index (χ2n) is 6.56. The fourth-order valence-corrected chi connectivity index (χ4v) is 4.17. The van der Waals surface area contributed by atoms with Crippen LogP contribution in [0.5, 0.6) is 5.75 Å². The lowest BCUT2D eigenvalue weighted by Gasteiger charge is -2.19. The monoisotopic (exact) mass is 444 g/mol. The number of hydrogen-bond acceptors (Lipinski definition) is 4. The number of benzene rings is 3. The third-order valence-corrected chi connectivity index (χ3v) is 6.56. The van der Waals surface area contributed by atoms with Crippen molar-refractivity contribution in [3.05, 3.63) is 88.9 Å². The minimum Gasteiger partial charge on any atom is -0.496 e. The predicted octanol–water partition coefficient (Wildman–Crippen LogP) is 4.42. The van der Waals surface area contributed by atoms with Crippen LogP contribution in [0, 0.1) is 0 Å². The van der Waals surface area contributed by atoms with Crippen LogP contribution in [-0.2, 0) is 16.6 Å². The van der Waals surface area contributed by atoms with Crippen LogP contribution < -0.4 is 10.1 Å². The maximum absolute atomic E-state index is 12.8. The predicted molar refractivity (Wildman–Crippen MR) is 117 cm³/mol. The van der Waals surface area contributed by atoms with Crippen molar-refractivity contribution in [2.24, 2.45) is 0 Å². The SMILES string of the molecule is COc1ccc(C(=O)Nc2ccc(Cl)cc2)cc1CN(C)S(=O)(=O)c1ccccc1. The number of methoxy groups -OCH3 is 1. The van der Waals surface area contributed by atoms with Crippen molar-refractivity contribution >= 4 is 33.2 Å². The van der Waals surface area contributed by atoms with Crippen LogP contribution in [0.15, 0.2) is 77.7 Å². The van der Waals surface area contributed by atoms with Crippen LogP contribution in [-0.4, -0.2) is 32.8 Å². The first kappa shape index (κ1) is 21.8. The molecular weight excluding hydrogens is 424 g/mol. The largest absolute Gasteiger partial charge is 0.496 e. The minimum atomic E-state index is -3.68. The summed E-state index contributed by atoms with van der Waals surface area (Å²) in [5, 5.41) is 3.36. The number of carbonyl (C=O) groups excluding carboxylic acids is 1. The molecule has 0 spiro atoms. The number of rotatable bonds is 7. The van der Waals surface area contributed by atoms with Crippen molar-refractivity contribution in [3.63, 3.8) is 0 Å². The van der Waals surface area contributed by atoms with Crippen LogP contribution in [0.2, 0.25) is 5.02 Å². The van der Waals surface area contributed by atoms with Gasteiger partial charge in [-0.05, 0) is 54.6 Å². The van der Waals surface area contributed by atoms with Gasteiger partial charge in [-0.2, -0.15) is 4.31 Å². The molecule has 3 aromatic rings. The van der Waals surface area contributed by atoms with Gasteiger partial charge in [0.05, 0.1) is 12.0 Å². The molecule has 0 heterocycles. The third kappa shape index (κ3) is 4.99. The van der Waals surface area contributed by atoms with Gasteiger partial charge in [0, 0.05) is 35.4 Å². The zero-order valence-corrected chi connectivity index (χ0v) is 18.1. The second-order valence-corrected chi connectivity index (χ2v) is 9.04. The fourth-order valence-electron chi connectivity index (χ4n) is 2.88. The number of nitrogens with zero attached hydrogens (tertiary/aromatic N) is 1. The summed E-state index contributed by atoms with van der Waals surface area (Å²) in [5.41, 5.74) is 1.56.